The van der Waals surface area contributed by atoms with Gasteiger partial charge in [-0.15, -0.1) is 11.6 Å². The molecule has 0 atom stereocenters. The van der Waals surface area contributed by atoms with Crippen LogP contribution in [0.3, 0.4) is 0 Å². The van der Waals surface area contributed by atoms with Gasteiger partial charge in [0, 0.05) is 17.3 Å². The number of alkyl halides is 1. The molecule has 0 amide bonds. The minimum Gasteiger partial charge on any atom is -0.293 e. The summed E-state index contributed by atoms with van der Waals surface area (Å²) in [6, 6.07) is 10.4. The van der Waals surface area contributed by atoms with E-state index in [0.29, 0.717) is 23.0 Å². The van der Waals surface area contributed by atoms with E-state index in [1.807, 2.05) is 23.6 Å². The lowest BCUT2D eigenvalue weighted by Gasteiger charge is -2.12. The molecule has 0 spiro atoms. The summed E-state index contributed by atoms with van der Waals surface area (Å²) in [7, 11) is 0. The van der Waals surface area contributed by atoms with E-state index in [1.165, 1.54) is 6.07 Å². The van der Waals surface area contributed by atoms with Crippen molar-refractivity contribution < 1.29 is 4.39 Å². The average Bonchev–Trinajstić information content (AvgIpc) is 2.77. The molecule has 3 aromatic rings. The molecular weight excluding hydrogens is 310 g/mol. The lowest BCUT2D eigenvalue weighted by Crippen LogP contribution is -2.06. The molecule has 1 heterocycles. The van der Waals surface area contributed by atoms with Gasteiger partial charge in [-0.3, -0.25) is 4.57 Å². The predicted octanol–water partition coefficient (Wildman–Crippen LogP) is 4.91. The van der Waals surface area contributed by atoms with Crippen molar-refractivity contribution in [1.82, 2.24) is 9.55 Å². The van der Waals surface area contributed by atoms with E-state index < -0.39 is 0 Å². The lowest BCUT2D eigenvalue weighted by atomic mass is 10.1. The third-order valence-electron chi connectivity index (χ3n) is 3.42. The number of imidazole rings is 1. The monoisotopic (exact) mass is 322 g/mol. The fourth-order valence-electron chi connectivity index (χ4n) is 2.51. The molecule has 108 valence electrons. The van der Waals surface area contributed by atoms with Gasteiger partial charge in [0.1, 0.15) is 11.6 Å². The van der Waals surface area contributed by atoms with Crippen LogP contribution in [0.5, 0.6) is 0 Å². The van der Waals surface area contributed by atoms with Crippen molar-refractivity contribution in [2.24, 2.45) is 0 Å². The topological polar surface area (TPSA) is 17.8 Å². The Morgan fingerprint density at radius 2 is 2.05 bits per heavy atom. The van der Waals surface area contributed by atoms with Crippen LogP contribution in [0.4, 0.5) is 4.39 Å². The SMILES string of the molecule is Cc1cccc(F)c1-n1c(CCCl)nc2cc(Cl)ccc21. The summed E-state index contributed by atoms with van der Waals surface area (Å²) >= 11 is 11.9. The molecule has 0 saturated carbocycles. The number of aromatic nitrogens is 2. The van der Waals surface area contributed by atoms with Crippen LogP contribution in [0.15, 0.2) is 36.4 Å². The van der Waals surface area contributed by atoms with E-state index in [9.17, 15) is 4.39 Å². The average molecular weight is 323 g/mol. The first-order valence-electron chi connectivity index (χ1n) is 6.60. The van der Waals surface area contributed by atoms with Gasteiger partial charge in [0.25, 0.3) is 0 Å². The van der Waals surface area contributed by atoms with Crippen molar-refractivity contribution in [1.29, 1.82) is 0 Å². The molecule has 0 aliphatic carbocycles. The second kappa shape index (κ2) is 5.66. The standard InChI is InChI=1S/C16H13Cl2FN2/c1-10-3-2-4-12(19)16(10)21-14-6-5-11(18)9-13(14)20-15(21)7-8-17/h2-6,9H,7-8H2,1H3. The lowest BCUT2D eigenvalue weighted by molar-refractivity contribution is 0.615. The largest absolute Gasteiger partial charge is 0.293 e. The number of para-hydroxylation sites is 1. The van der Waals surface area contributed by atoms with E-state index >= 15 is 0 Å². The Morgan fingerprint density at radius 1 is 1.24 bits per heavy atom. The zero-order valence-electron chi connectivity index (χ0n) is 11.4. The fourth-order valence-corrected chi connectivity index (χ4v) is 2.85. The third kappa shape index (κ3) is 2.52. The van der Waals surface area contributed by atoms with Crippen LogP contribution in [0, 0.1) is 12.7 Å². The van der Waals surface area contributed by atoms with Crippen LogP contribution >= 0.6 is 23.2 Å². The van der Waals surface area contributed by atoms with Gasteiger partial charge in [0.05, 0.1) is 16.7 Å². The highest BCUT2D eigenvalue weighted by Crippen LogP contribution is 2.28. The Morgan fingerprint density at radius 3 is 2.76 bits per heavy atom. The van der Waals surface area contributed by atoms with Gasteiger partial charge in [0.15, 0.2) is 0 Å². The molecule has 0 fully saturated rings. The summed E-state index contributed by atoms with van der Waals surface area (Å²) in [5.74, 6) is 0.875. The highest BCUT2D eigenvalue weighted by atomic mass is 35.5. The van der Waals surface area contributed by atoms with E-state index in [1.54, 1.807) is 18.2 Å². The number of rotatable bonds is 3. The van der Waals surface area contributed by atoms with E-state index in [4.69, 9.17) is 23.2 Å². The van der Waals surface area contributed by atoms with Crippen molar-refractivity contribution in [2.45, 2.75) is 13.3 Å². The highest BCUT2D eigenvalue weighted by molar-refractivity contribution is 6.31. The molecule has 0 unspecified atom stereocenters. The molecular formula is C16H13Cl2FN2. The number of halogens is 3. The molecule has 0 radical (unpaired) electrons. The Kier molecular flexibility index (Phi) is 3.87. The first-order valence-corrected chi connectivity index (χ1v) is 7.51. The number of fused-ring (bicyclic) bond motifs is 1. The Bertz CT molecular complexity index is 791. The molecule has 5 heteroatoms. The summed E-state index contributed by atoms with van der Waals surface area (Å²) in [6.45, 7) is 1.88. The van der Waals surface area contributed by atoms with Crippen molar-refractivity contribution in [2.75, 3.05) is 5.88 Å². The van der Waals surface area contributed by atoms with Gasteiger partial charge in [-0.25, -0.2) is 9.37 Å². The summed E-state index contributed by atoms with van der Waals surface area (Å²) in [5.41, 5.74) is 2.93. The molecule has 21 heavy (non-hydrogen) atoms. The van der Waals surface area contributed by atoms with E-state index in [2.05, 4.69) is 4.98 Å². The van der Waals surface area contributed by atoms with E-state index in [-0.39, 0.29) is 5.82 Å². The predicted molar refractivity (Wildman–Crippen MR) is 85.2 cm³/mol. The molecule has 0 aliphatic rings. The zero-order valence-corrected chi connectivity index (χ0v) is 12.9. The maximum atomic E-state index is 14.3. The smallest absolute Gasteiger partial charge is 0.147 e. The number of hydrogen-bond acceptors (Lipinski definition) is 1. The quantitative estimate of drug-likeness (QED) is 0.626. The number of hydrogen-bond donors (Lipinski definition) is 0. The van der Waals surface area contributed by atoms with Gasteiger partial charge >= 0.3 is 0 Å². The van der Waals surface area contributed by atoms with Gasteiger partial charge in [0.2, 0.25) is 0 Å². The van der Waals surface area contributed by atoms with Gasteiger partial charge in [-0.1, -0.05) is 23.7 Å². The zero-order chi connectivity index (χ0) is 15.0. The van der Waals surface area contributed by atoms with Crippen molar-refractivity contribution >= 4 is 34.2 Å². The molecule has 0 N–H and O–H groups in total. The molecule has 0 aliphatic heterocycles. The molecule has 0 bridgehead atoms. The first kappa shape index (κ1) is 14.4. The molecule has 2 nitrogen and oxygen atoms in total. The van der Waals surface area contributed by atoms with Gasteiger partial charge < -0.3 is 0 Å². The van der Waals surface area contributed by atoms with Crippen LogP contribution in [0.2, 0.25) is 5.02 Å². The molecule has 3 rings (SSSR count). The molecule has 0 saturated heterocycles. The van der Waals surface area contributed by atoms with Crippen molar-refractivity contribution in [3.63, 3.8) is 0 Å². The minimum absolute atomic E-state index is 0.278. The van der Waals surface area contributed by atoms with Crippen LogP contribution in [-0.2, 0) is 6.42 Å². The molecule has 1 aromatic heterocycles. The van der Waals surface area contributed by atoms with Crippen LogP contribution in [0.1, 0.15) is 11.4 Å². The minimum atomic E-state index is -0.278. The normalized spacial score (nSPS) is 11.2. The summed E-state index contributed by atoms with van der Waals surface area (Å²) in [6.07, 6.45) is 0.557. The van der Waals surface area contributed by atoms with Crippen LogP contribution in [0.25, 0.3) is 16.7 Å². The molecule has 2 aromatic carbocycles. The number of aryl methyl sites for hydroxylation is 2. The second-order valence-corrected chi connectivity index (χ2v) is 5.66. The summed E-state index contributed by atoms with van der Waals surface area (Å²) < 4.78 is 16.2. The van der Waals surface area contributed by atoms with Crippen molar-refractivity contribution in [3.8, 4) is 5.69 Å². The fraction of sp³-hybridized carbons (Fsp3) is 0.188. The maximum Gasteiger partial charge on any atom is 0.147 e. The Hall–Kier alpha value is -1.58. The number of nitrogens with zero attached hydrogens (tertiary/aromatic N) is 2. The summed E-state index contributed by atoms with van der Waals surface area (Å²) in [4.78, 5) is 4.55. The van der Waals surface area contributed by atoms with Gasteiger partial charge in [-0.05, 0) is 36.8 Å². The summed E-state index contributed by atoms with van der Waals surface area (Å²) in [5, 5.41) is 0.606. The number of benzene rings is 2. The Balaban J connectivity index is 2.36. The Labute approximate surface area is 132 Å². The van der Waals surface area contributed by atoms with Crippen molar-refractivity contribution in [3.05, 3.63) is 58.6 Å². The highest BCUT2D eigenvalue weighted by Gasteiger charge is 2.17. The third-order valence-corrected chi connectivity index (χ3v) is 3.84. The van der Waals surface area contributed by atoms with Crippen LogP contribution < -0.4 is 0 Å². The first-order chi connectivity index (χ1) is 10.1. The van der Waals surface area contributed by atoms with E-state index in [0.717, 1.165) is 22.4 Å². The maximum absolute atomic E-state index is 14.3. The second-order valence-electron chi connectivity index (χ2n) is 4.84. The van der Waals surface area contributed by atoms with Gasteiger partial charge in [-0.2, -0.15) is 0 Å². The van der Waals surface area contributed by atoms with Crippen LogP contribution in [-0.4, -0.2) is 15.4 Å².